The summed E-state index contributed by atoms with van der Waals surface area (Å²) in [7, 11) is 5.32. The van der Waals surface area contributed by atoms with E-state index >= 15 is 0 Å². The molecule has 0 saturated heterocycles. The maximum Gasteiger partial charge on any atom is 0.247 e. The van der Waals surface area contributed by atoms with Crippen molar-refractivity contribution in [3.05, 3.63) is 70.3 Å². The summed E-state index contributed by atoms with van der Waals surface area (Å²) in [6, 6.07) is 7.41. The van der Waals surface area contributed by atoms with Crippen LogP contribution in [0.3, 0.4) is 0 Å². The van der Waals surface area contributed by atoms with Crippen LogP contribution in [0.5, 0.6) is 0 Å². The fourth-order valence-electron chi connectivity index (χ4n) is 4.34. The van der Waals surface area contributed by atoms with E-state index in [2.05, 4.69) is 15.5 Å². The highest BCUT2D eigenvalue weighted by Crippen LogP contribution is 2.35. The number of hydrogen-bond acceptors (Lipinski definition) is 7. The van der Waals surface area contributed by atoms with Crippen LogP contribution in [0.4, 0.5) is 10.1 Å². The van der Waals surface area contributed by atoms with E-state index in [1.807, 2.05) is 20.2 Å². The number of amides is 2. The van der Waals surface area contributed by atoms with Crippen LogP contribution in [0.25, 0.3) is 11.8 Å². The molecule has 0 spiro atoms. The summed E-state index contributed by atoms with van der Waals surface area (Å²) in [5, 5.41) is 10.8. The van der Waals surface area contributed by atoms with Crippen molar-refractivity contribution in [2.45, 2.75) is 12.5 Å². The van der Waals surface area contributed by atoms with Crippen LogP contribution in [0, 0.1) is 5.82 Å². The first-order valence-electron chi connectivity index (χ1n) is 11.4. The number of carbonyl (C=O) groups is 3. The molecule has 0 saturated carbocycles. The number of hydrogen-bond donors (Lipinski definition) is 0. The van der Waals surface area contributed by atoms with Gasteiger partial charge < -0.3 is 19.5 Å². The SMILES string of the molecule is CN(C)CC(=O)N(C)c1cccc2c1CCN(C(=O)/C=C/c1c(-n3cnnn3)ccc(Cl)c1F)[C@H]2C=O. The van der Waals surface area contributed by atoms with Gasteiger partial charge in [0, 0.05) is 30.9 Å². The number of anilines is 1. The molecule has 4 rings (SSSR count). The summed E-state index contributed by atoms with van der Waals surface area (Å²) in [4.78, 5) is 42.8. The zero-order valence-corrected chi connectivity index (χ0v) is 21.3. The molecule has 0 fully saturated rings. The Hall–Kier alpha value is -3.96. The Morgan fingerprint density at radius 1 is 1.22 bits per heavy atom. The van der Waals surface area contributed by atoms with Gasteiger partial charge in [-0.2, -0.15) is 4.68 Å². The van der Waals surface area contributed by atoms with Crippen LogP contribution >= 0.6 is 11.6 Å². The molecule has 37 heavy (non-hydrogen) atoms. The Morgan fingerprint density at radius 3 is 2.68 bits per heavy atom. The van der Waals surface area contributed by atoms with Gasteiger partial charge in [-0.05, 0) is 66.3 Å². The van der Waals surface area contributed by atoms with Crippen LogP contribution in [0.1, 0.15) is 22.7 Å². The van der Waals surface area contributed by atoms with E-state index in [0.717, 1.165) is 5.56 Å². The predicted molar refractivity (Wildman–Crippen MR) is 136 cm³/mol. The maximum atomic E-state index is 14.9. The smallest absolute Gasteiger partial charge is 0.247 e. The van der Waals surface area contributed by atoms with Crippen molar-refractivity contribution in [3.63, 3.8) is 0 Å². The van der Waals surface area contributed by atoms with E-state index in [0.29, 0.717) is 29.6 Å². The Balaban J connectivity index is 1.63. The number of tetrazole rings is 1. The third kappa shape index (κ3) is 5.27. The van der Waals surface area contributed by atoms with Crippen molar-refractivity contribution in [3.8, 4) is 5.69 Å². The Bertz CT molecular complexity index is 1360. The van der Waals surface area contributed by atoms with Crippen molar-refractivity contribution in [2.24, 2.45) is 0 Å². The van der Waals surface area contributed by atoms with E-state index < -0.39 is 17.8 Å². The lowest BCUT2D eigenvalue weighted by Crippen LogP contribution is -2.41. The summed E-state index contributed by atoms with van der Waals surface area (Å²) in [6.45, 7) is 0.476. The van der Waals surface area contributed by atoms with Gasteiger partial charge in [0.1, 0.15) is 18.7 Å². The number of likely N-dealkylation sites (N-methyl/N-ethyl adjacent to an activating group) is 2. The number of nitrogens with zero attached hydrogens (tertiary/aromatic N) is 7. The number of rotatable bonds is 7. The Labute approximate surface area is 217 Å². The quantitative estimate of drug-likeness (QED) is 0.344. The zero-order valence-electron chi connectivity index (χ0n) is 20.5. The molecule has 1 aliphatic rings. The normalized spacial score (nSPS) is 15.2. The monoisotopic (exact) mass is 525 g/mol. The summed E-state index contributed by atoms with van der Waals surface area (Å²) in [6.07, 6.45) is 4.92. The molecule has 1 aromatic heterocycles. The van der Waals surface area contributed by atoms with E-state index in [4.69, 9.17) is 11.6 Å². The van der Waals surface area contributed by atoms with Crippen molar-refractivity contribution in [1.29, 1.82) is 0 Å². The zero-order chi connectivity index (χ0) is 26.7. The lowest BCUT2D eigenvalue weighted by molar-refractivity contribution is -0.132. The van der Waals surface area contributed by atoms with Crippen LogP contribution in [-0.4, -0.2) is 82.3 Å². The molecule has 0 aliphatic carbocycles. The number of fused-ring (bicyclic) bond motifs is 1. The van der Waals surface area contributed by atoms with Crippen LogP contribution in [-0.2, 0) is 20.8 Å². The van der Waals surface area contributed by atoms with Gasteiger partial charge in [0.2, 0.25) is 11.8 Å². The largest absolute Gasteiger partial charge is 0.325 e. The van der Waals surface area contributed by atoms with Gasteiger partial charge in [-0.15, -0.1) is 5.10 Å². The second-order valence-electron chi connectivity index (χ2n) is 8.78. The van der Waals surface area contributed by atoms with E-state index in [9.17, 15) is 18.8 Å². The second-order valence-corrected chi connectivity index (χ2v) is 9.19. The Kier molecular flexibility index (Phi) is 7.74. The maximum absolute atomic E-state index is 14.9. The molecule has 192 valence electrons. The molecule has 0 N–H and O–H groups in total. The molecule has 0 bridgehead atoms. The first kappa shape index (κ1) is 26.1. The summed E-state index contributed by atoms with van der Waals surface area (Å²) < 4.78 is 16.1. The van der Waals surface area contributed by atoms with E-state index in [1.54, 1.807) is 29.0 Å². The van der Waals surface area contributed by atoms with Gasteiger partial charge in [0.25, 0.3) is 0 Å². The van der Waals surface area contributed by atoms with Crippen molar-refractivity contribution >= 4 is 41.5 Å². The van der Waals surface area contributed by atoms with Crippen LogP contribution < -0.4 is 4.90 Å². The molecule has 2 heterocycles. The predicted octanol–water partition coefficient (Wildman–Crippen LogP) is 2.32. The Morgan fingerprint density at radius 2 is 2.00 bits per heavy atom. The van der Waals surface area contributed by atoms with Crippen molar-refractivity contribution < 1.29 is 18.8 Å². The minimum Gasteiger partial charge on any atom is -0.325 e. The second kappa shape index (κ2) is 11.0. The lowest BCUT2D eigenvalue weighted by Gasteiger charge is -2.35. The highest BCUT2D eigenvalue weighted by Gasteiger charge is 2.32. The molecule has 1 atom stereocenters. The average Bonchev–Trinajstić information content (AvgIpc) is 3.42. The molecule has 2 amide bonds. The topological polar surface area (TPSA) is 105 Å². The van der Waals surface area contributed by atoms with Crippen molar-refractivity contribution in [1.82, 2.24) is 30.0 Å². The summed E-state index contributed by atoms with van der Waals surface area (Å²) >= 11 is 5.96. The minimum atomic E-state index is -0.860. The number of aldehydes is 1. The van der Waals surface area contributed by atoms with Gasteiger partial charge >= 0.3 is 0 Å². The fourth-order valence-corrected chi connectivity index (χ4v) is 4.50. The number of benzene rings is 2. The fraction of sp³-hybridized carbons (Fsp3) is 0.280. The molecule has 3 aromatic rings. The number of halogens is 2. The molecule has 10 nitrogen and oxygen atoms in total. The van der Waals surface area contributed by atoms with E-state index in [-0.39, 0.29) is 29.6 Å². The van der Waals surface area contributed by atoms with Crippen molar-refractivity contribution in [2.75, 3.05) is 39.1 Å². The first-order chi connectivity index (χ1) is 17.7. The van der Waals surface area contributed by atoms with Crippen LogP contribution in [0.2, 0.25) is 5.02 Å². The first-order valence-corrected chi connectivity index (χ1v) is 11.8. The molecule has 2 aromatic carbocycles. The summed E-state index contributed by atoms with van der Waals surface area (Å²) in [5.74, 6) is -1.30. The molecular weight excluding hydrogens is 501 g/mol. The van der Waals surface area contributed by atoms with Gasteiger partial charge in [-0.25, -0.2) is 4.39 Å². The number of carbonyl (C=O) groups excluding carboxylic acids is 3. The molecule has 1 aliphatic heterocycles. The van der Waals surface area contributed by atoms with Gasteiger partial charge in [-0.3, -0.25) is 9.59 Å². The standard InChI is InChI=1S/C25H25ClFN7O3/c1-31(2)13-24(37)32(3)20-6-4-5-16-17(20)11-12-33(22(16)14-35)23(36)10-7-18-21(34-15-28-29-30-34)9-8-19(26)25(18)27/h4-10,14-15,22H,11-13H2,1-3H3/b10-7+/t22-/m0/s1. The van der Waals surface area contributed by atoms with Gasteiger partial charge in [0.05, 0.1) is 17.3 Å². The third-order valence-corrected chi connectivity index (χ3v) is 6.43. The summed E-state index contributed by atoms with van der Waals surface area (Å²) in [5.41, 5.74) is 2.50. The highest BCUT2D eigenvalue weighted by molar-refractivity contribution is 6.31. The molecule has 0 unspecified atom stereocenters. The molecule has 0 radical (unpaired) electrons. The lowest BCUT2D eigenvalue weighted by atomic mass is 9.91. The van der Waals surface area contributed by atoms with Gasteiger partial charge in [0.15, 0.2) is 5.82 Å². The molecule has 12 heteroatoms. The molecular formula is C25H25ClFN7O3. The minimum absolute atomic E-state index is 0.0246. The van der Waals surface area contributed by atoms with E-state index in [1.165, 1.54) is 40.2 Å². The van der Waals surface area contributed by atoms with Crippen LogP contribution in [0.15, 0.2) is 42.7 Å². The van der Waals surface area contributed by atoms with Gasteiger partial charge in [-0.1, -0.05) is 23.7 Å². The average molecular weight is 526 g/mol. The third-order valence-electron chi connectivity index (χ3n) is 6.14. The number of aromatic nitrogens is 4. The highest BCUT2D eigenvalue weighted by atomic mass is 35.5.